The molecule has 3 rings (SSSR count). The van der Waals surface area contributed by atoms with Crippen molar-refractivity contribution in [3.8, 4) is 10.6 Å². The van der Waals surface area contributed by atoms with Crippen LogP contribution in [0.3, 0.4) is 0 Å². The van der Waals surface area contributed by atoms with Gasteiger partial charge in [0, 0.05) is 14.7 Å². The lowest BCUT2D eigenvalue weighted by molar-refractivity contribution is 1.31. The predicted molar refractivity (Wildman–Crippen MR) is 79.0 cm³/mol. The van der Waals surface area contributed by atoms with Gasteiger partial charge in [0.25, 0.3) is 5.56 Å². The summed E-state index contributed by atoms with van der Waals surface area (Å²) in [6.45, 7) is 0. The number of hydrogen-bond acceptors (Lipinski definition) is 3. The van der Waals surface area contributed by atoms with E-state index >= 15 is 0 Å². The molecule has 18 heavy (non-hydrogen) atoms. The second-order valence-electron chi connectivity index (χ2n) is 3.83. The van der Waals surface area contributed by atoms with Crippen molar-refractivity contribution in [3.63, 3.8) is 0 Å². The fourth-order valence-corrected chi connectivity index (χ4v) is 3.15. The zero-order chi connectivity index (χ0) is 12.5. The molecule has 0 amide bonds. The van der Waals surface area contributed by atoms with Gasteiger partial charge >= 0.3 is 0 Å². The zero-order valence-electron chi connectivity index (χ0n) is 9.26. The van der Waals surface area contributed by atoms with Crippen LogP contribution in [0.5, 0.6) is 0 Å². The van der Waals surface area contributed by atoms with Gasteiger partial charge in [-0.1, -0.05) is 40.2 Å². The number of fused-ring (bicyclic) bond motifs is 1. The number of benzene rings is 2. The topological polar surface area (TPSA) is 30.0 Å². The summed E-state index contributed by atoms with van der Waals surface area (Å²) in [7, 11) is 0. The SMILES string of the molecule is O=c1nc(-c2cccc(Br)c2)sc2ccccc12. The Labute approximate surface area is 116 Å². The molecule has 2 aromatic carbocycles. The minimum Gasteiger partial charge on any atom is -0.267 e. The Morgan fingerprint density at radius 1 is 1.06 bits per heavy atom. The molecule has 0 radical (unpaired) electrons. The van der Waals surface area contributed by atoms with Gasteiger partial charge < -0.3 is 0 Å². The summed E-state index contributed by atoms with van der Waals surface area (Å²) in [6.07, 6.45) is 0. The fraction of sp³-hybridized carbons (Fsp3) is 0. The van der Waals surface area contributed by atoms with Crippen LogP contribution in [-0.2, 0) is 0 Å². The first-order valence-corrected chi connectivity index (χ1v) is 7.01. The average molecular weight is 318 g/mol. The van der Waals surface area contributed by atoms with Crippen LogP contribution in [0.2, 0.25) is 0 Å². The van der Waals surface area contributed by atoms with E-state index in [-0.39, 0.29) is 5.56 Å². The third-order valence-electron chi connectivity index (χ3n) is 2.60. The van der Waals surface area contributed by atoms with Crippen LogP contribution in [0.1, 0.15) is 0 Å². The van der Waals surface area contributed by atoms with E-state index in [0.29, 0.717) is 5.39 Å². The predicted octanol–water partition coefficient (Wildman–Crippen LogP) is 4.09. The largest absolute Gasteiger partial charge is 0.279 e. The third-order valence-corrected chi connectivity index (χ3v) is 4.19. The molecular formula is C14H8BrNOS. The highest BCUT2D eigenvalue weighted by Crippen LogP contribution is 2.27. The van der Waals surface area contributed by atoms with Gasteiger partial charge in [-0.05, 0) is 24.3 Å². The van der Waals surface area contributed by atoms with Crippen molar-refractivity contribution in [1.29, 1.82) is 0 Å². The first-order chi connectivity index (χ1) is 8.74. The van der Waals surface area contributed by atoms with E-state index in [1.165, 1.54) is 11.3 Å². The Kier molecular flexibility index (Phi) is 2.97. The molecule has 0 aliphatic carbocycles. The summed E-state index contributed by atoms with van der Waals surface area (Å²) >= 11 is 4.96. The molecule has 1 heterocycles. The summed E-state index contributed by atoms with van der Waals surface area (Å²) in [5, 5.41) is 1.43. The molecule has 0 spiro atoms. The number of halogens is 1. The van der Waals surface area contributed by atoms with E-state index in [1.54, 1.807) is 0 Å². The van der Waals surface area contributed by atoms with Crippen molar-refractivity contribution >= 4 is 37.4 Å². The molecule has 0 aliphatic heterocycles. The van der Waals surface area contributed by atoms with Gasteiger partial charge in [-0.25, -0.2) is 0 Å². The second kappa shape index (κ2) is 4.63. The van der Waals surface area contributed by atoms with Crippen LogP contribution >= 0.6 is 27.3 Å². The van der Waals surface area contributed by atoms with Gasteiger partial charge in [-0.3, -0.25) is 4.79 Å². The lowest BCUT2D eigenvalue weighted by Gasteiger charge is -2.02. The van der Waals surface area contributed by atoms with E-state index in [4.69, 9.17) is 0 Å². The van der Waals surface area contributed by atoms with E-state index in [0.717, 1.165) is 19.7 Å². The summed E-state index contributed by atoms with van der Waals surface area (Å²) < 4.78 is 1.95. The van der Waals surface area contributed by atoms with Gasteiger partial charge in [-0.15, -0.1) is 11.3 Å². The monoisotopic (exact) mass is 317 g/mol. The highest BCUT2D eigenvalue weighted by molar-refractivity contribution is 9.10. The fourth-order valence-electron chi connectivity index (χ4n) is 1.76. The Morgan fingerprint density at radius 2 is 1.89 bits per heavy atom. The smallest absolute Gasteiger partial charge is 0.267 e. The molecule has 0 N–H and O–H groups in total. The third kappa shape index (κ3) is 2.09. The second-order valence-corrected chi connectivity index (χ2v) is 5.78. The average Bonchev–Trinajstić information content (AvgIpc) is 2.39. The van der Waals surface area contributed by atoms with Gasteiger partial charge in [0.05, 0.1) is 5.39 Å². The number of nitrogens with zero attached hydrogens (tertiary/aromatic N) is 1. The molecule has 0 saturated heterocycles. The van der Waals surface area contributed by atoms with Crippen LogP contribution in [0.25, 0.3) is 20.7 Å². The molecule has 0 unspecified atom stereocenters. The Balaban J connectivity index is 2.28. The van der Waals surface area contributed by atoms with E-state index in [1.807, 2.05) is 48.5 Å². The van der Waals surface area contributed by atoms with Crippen LogP contribution < -0.4 is 5.56 Å². The molecule has 4 heteroatoms. The van der Waals surface area contributed by atoms with Gasteiger partial charge in [0.15, 0.2) is 0 Å². The minimum absolute atomic E-state index is 0.167. The first-order valence-electron chi connectivity index (χ1n) is 5.40. The van der Waals surface area contributed by atoms with Gasteiger partial charge in [0.2, 0.25) is 0 Å². The minimum atomic E-state index is -0.167. The lowest BCUT2D eigenvalue weighted by Crippen LogP contribution is -2.05. The van der Waals surface area contributed by atoms with Crippen molar-refractivity contribution in [1.82, 2.24) is 4.98 Å². The van der Waals surface area contributed by atoms with Crippen LogP contribution in [0.15, 0.2) is 57.8 Å². The maximum atomic E-state index is 11.9. The molecule has 3 aromatic rings. The molecule has 88 valence electrons. The van der Waals surface area contributed by atoms with E-state index in [2.05, 4.69) is 20.9 Å². The lowest BCUT2D eigenvalue weighted by atomic mass is 10.2. The van der Waals surface area contributed by atoms with Crippen LogP contribution in [0.4, 0.5) is 0 Å². The number of aromatic nitrogens is 1. The number of hydrogen-bond donors (Lipinski definition) is 0. The van der Waals surface area contributed by atoms with Crippen molar-refractivity contribution in [2.45, 2.75) is 0 Å². The summed E-state index contributed by atoms with van der Waals surface area (Å²) in [4.78, 5) is 16.1. The zero-order valence-corrected chi connectivity index (χ0v) is 11.7. The normalized spacial score (nSPS) is 10.7. The van der Waals surface area contributed by atoms with Crippen LogP contribution in [0, 0.1) is 0 Å². The Bertz CT molecular complexity index is 782. The number of rotatable bonds is 1. The summed E-state index contributed by atoms with van der Waals surface area (Å²) in [5.41, 5.74) is 0.788. The highest BCUT2D eigenvalue weighted by Gasteiger charge is 2.06. The molecule has 0 atom stereocenters. The summed E-state index contributed by atoms with van der Waals surface area (Å²) in [5.74, 6) is 0. The Hall–Kier alpha value is -1.52. The van der Waals surface area contributed by atoms with Crippen molar-refractivity contribution in [3.05, 3.63) is 63.4 Å². The van der Waals surface area contributed by atoms with E-state index < -0.39 is 0 Å². The summed E-state index contributed by atoms with van der Waals surface area (Å²) in [6, 6.07) is 15.4. The Morgan fingerprint density at radius 3 is 2.72 bits per heavy atom. The van der Waals surface area contributed by atoms with Gasteiger partial charge in [-0.2, -0.15) is 4.98 Å². The highest BCUT2D eigenvalue weighted by atomic mass is 79.9. The quantitative estimate of drug-likeness (QED) is 0.676. The maximum Gasteiger partial charge on any atom is 0.279 e. The molecule has 1 aromatic heterocycles. The molecule has 0 aliphatic rings. The van der Waals surface area contributed by atoms with Crippen molar-refractivity contribution in [2.75, 3.05) is 0 Å². The van der Waals surface area contributed by atoms with Crippen molar-refractivity contribution < 1.29 is 0 Å². The van der Waals surface area contributed by atoms with Crippen molar-refractivity contribution in [2.24, 2.45) is 0 Å². The maximum absolute atomic E-state index is 11.9. The molecule has 0 fully saturated rings. The molecule has 0 bridgehead atoms. The molecular weight excluding hydrogens is 310 g/mol. The molecule has 0 saturated carbocycles. The standard InChI is InChI=1S/C14H8BrNOS/c15-10-5-3-4-9(8-10)14-16-13(17)11-6-1-2-7-12(11)18-14/h1-8H. The van der Waals surface area contributed by atoms with E-state index in [9.17, 15) is 4.79 Å². The first kappa shape index (κ1) is 11.6. The van der Waals surface area contributed by atoms with Gasteiger partial charge in [0.1, 0.15) is 5.01 Å². The molecule has 2 nitrogen and oxygen atoms in total. The van der Waals surface area contributed by atoms with Crippen LogP contribution in [-0.4, -0.2) is 4.98 Å².